The van der Waals surface area contributed by atoms with E-state index in [2.05, 4.69) is 0 Å². The molecule has 0 unspecified atom stereocenters. The Morgan fingerprint density at radius 2 is 1.86 bits per heavy atom. The lowest BCUT2D eigenvalue weighted by molar-refractivity contribution is -0.128. The zero-order valence-electron chi connectivity index (χ0n) is 13.2. The number of hydrogen-bond donors (Lipinski definition) is 0. The van der Waals surface area contributed by atoms with Crippen molar-refractivity contribution in [2.45, 2.75) is 13.5 Å². The SMILES string of the molecule is COC(=O)c1ccc2c(CN(C)C(C)=O)c(OC)ccc2c1. The van der Waals surface area contributed by atoms with E-state index in [4.69, 9.17) is 9.47 Å². The molecule has 5 nitrogen and oxygen atoms in total. The van der Waals surface area contributed by atoms with Crippen molar-refractivity contribution >= 4 is 22.6 Å². The van der Waals surface area contributed by atoms with E-state index in [1.165, 1.54) is 14.0 Å². The van der Waals surface area contributed by atoms with Crippen LogP contribution in [0.15, 0.2) is 30.3 Å². The van der Waals surface area contributed by atoms with Crippen molar-refractivity contribution in [3.8, 4) is 5.75 Å². The summed E-state index contributed by atoms with van der Waals surface area (Å²) in [5.74, 6) is 0.316. The highest BCUT2D eigenvalue weighted by atomic mass is 16.5. The van der Waals surface area contributed by atoms with E-state index in [9.17, 15) is 9.59 Å². The van der Waals surface area contributed by atoms with E-state index in [1.807, 2.05) is 18.2 Å². The summed E-state index contributed by atoms with van der Waals surface area (Å²) in [5.41, 5.74) is 1.40. The molecule has 0 radical (unpaired) electrons. The third-order valence-corrected chi connectivity index (χ3v) is 3.66. The minimum absolute atomic E-state index is 0.0229. The van der Waals surface area contributed by atoms with Crippen LogP contribution >= 0.6 is 0 Å². The number of amides is 1. The van der Waals surface area contributed by atoms with Gasteiger partial charge in [0, 0.05) is 26.1 Å². The first-order chi connectivity index (χ1) is 10.5. The van der Waals surface area contributed by atoms with Crippen LogP contribution in [0, 0.1) is 0 Å². The van der Waals surface area contributed by atoms with Crippen LogP contribution in [-0.2, 0) is 16.1 Å². The van der Waals surface area contributed by atoms with Crippen LogP contribution < -0.4 is 4.74 Å². The van der Waals surface area contributed by atoms with Crippen molar-refractivity contribution in [1.82, 2.24) is 4.90 Å². The number of carbonyl (C=O) groups is 2. The lowest BCUT2D eigenvalue weighted by Gasteiger charge is -2.19. The van der Waals surface area contributed by atoms with Gasteiger partial charge in [0.05, 0.1) is 19.8 Å². The summed E-state index contributed by atoms with van der Waals surface area (Å²) in [4.78, 5) is 24.7. The van der Waals surface area contributed by atoms with Crippen LogP contribution in [0.2, 0.25) is 0 Å². The van der Waals surface area contributed by atoms with E-state index >= 15 is 0 Å². The number of esters is 1. The lowest BCUT2D eigenvalue weighted by atomic mass is 10.0. The summed E-state index contributed by atoms with van der Waals surface area (Å²) >= 11 is 0. The monoisotopic (exact) mass is 301 g/mol. The summed E-state index contributed by atoms with van der Waals surface area (Å²) in [6, 6.07) is 9.07. The van der Waals surface area contributed by atoms with Crippen LogP contribution in [0.25, 0.3) is 10.8 Å². The number of ether oxygens (including phenoxy) is 2. The Labute approximate surface area is 129 Å². The van der Waals surface area contributed by atoms with E-state index in [-0.39, 0.29) is 11.9 Å². The van der Waals surface area contributed by atoms with Crippen LogP contribution in [-0.4, -0.2) is 38.0 Å². The van der Waals surface area contributed by atoms with E-state index in [1.54, 1.807) is 31.2 Å². The second kappa shape index (κ2) is 6.47. The Bertz CT molecular complexity index is 724. The van der Waals surface area contributed by atoms with Gasteiger partial charge in [-0.1, -0.05) is 12.1 Å². The molecule has 0 aliphatic carbocycles. The van der Waals surface area contributed by atoms with Crippen LogP contribution in [0.5, 0.6) is 5.75 Å². The number of methoxy groups -OCH3 is 2. The largest absolute Gasteiger partial charge is 0.496 e. The standard InChI is InChI=1S/C17H19NO4/c1-11(19)18(2)10-15-14-7-5-13(17(20)22-4)9-12(14)6-8-16(15)21-3/h5-9H,10H2,1-4H3. The van der Waals surface area contributed by atoms with Gasteiger partial charge in [-0.3, -0.25) is 4.79 Å². The Morgan fingerprint density at radius 3 is 2.45 bits per heavy atom. The molecule has 0 N–H and O–H groups in total. The van der Waals surface area contributed by atoms with Crippen molar-refractivity contribution in [1.29, 1.82) is 0 Å². The van der Waals surface area contributed by atoms with Gasteiger partial charge in [0.1, 0.15) is 5.75 Å². The summed E-state index contributed by atoms with van der Waals surface area (Å²) in [6.07, 6.45) is 0. The molecule has 0 saturated carbocycles. The molecule has 2 aromatic carbocycles. The Morgan fingerprint density at radius 1 is 1.14 bits per heavy atom. The third kappa shape index (κ3) is 3.03. The predicted octanol–water partition coefficient (Wildman–Crippen LogP) is 2.61. The molecule has 0 aliphatic heterocycles. The zero-order valence-corrected chi connectivity index (χ0v) is 13.2. The van der Waals surface area contributed by atoms with Gasteiger partial charge < -0.3 is 14.4 Å². The fraction of sp³-hybridized carbons (Fsp3) is 0.294. The number of nitrogens with zero attached hydrogens (tertiary/aromatic N) is 1. The molecule has 5 heteroatoms. The van der Waals surface area contributed by atoms with Gasteiger partial charge in [-0.15, -0.1) is 0 Å². The second-order valence-corrected chi connectivity index (χ2v) is 5.05. The maximum absolute atomic E-state index is 11.6. The third-order valence-electron chi connectivity index (χ3n) is 3.66. The summed E-state index contributed by atoms with van der Waals surface area (Å²) in [7, 11) is 4.69. The molecule has 0 saturated heterocycles. The highest BCUT2D eigenvalue weighted by Crippen LogP contribution is 2.30. The van der Waals surface area contributed by atoms with Gasteiger partial charge in [-0.05, 0) is 29.0 Å². The first-order valence-electron chi connectivity index (χ1n) is 6.87. The minimum atomic E-state index is -0.375. The van der Waals surface area contributed by atoms with Crippen molar-refractivity contribution in [2.24, 2.45) is 0 Å². The average molecular weight is 301 g/mol. The number of benzene rings is 2. The molecule has 0 aromatic heterocycles. The molecule has 116 valence electrons. The maximum Gasteiger partial charge on any atom is 0.337 e. The van der Waals surface area contributed by atoms with Crippen molar-refractivity contribution in [3.05, 3.63) is 41.5 Å². The highest BCUT2D eigenvalue weighted by molar-refractivity contribution is 5.97. The topological polar surface area (TPSA) is 55.8 Å². The molecule has 22 heavy (non-hydrogen) atoms. The molecule has 0 spiro atoms. The minimum Gasteiger partial charge on any atom is -0.496 e. The lowest BCUT2D eigenvalue weighted by Crippen LogP contribution is -2.23. The molecule has 1 amide bonds. The molecule has 0 heterocycles. The molecule has 2 rings (SSSR count). The number of hydrogen-bond acceptors (Lipinski definition) is 4. The molecule has 0 aliphatic rings. The zero-order chi connectivity index (χ0) is 16.3. The van der Waals surface area contributed by atoms with E-state index in [0.717, 1.165) is 16.3 Å². The van der Waals surface area contributed by atoms with Crippen LogP contribution in [0.1, 0.15) is 22.8 Å². The van der Waals surface area contributed by atoms with Gasteiger partial charge in [-0.25, -0.2) is 4.79 Å². The van der Waals surface area contributed by atoms with Gasteiger partial charge in [0.2, 0.25) is 5.91 Å². The molecular formula is C17H19NO4. The molecule has 0 atom stereocenters. The molecule has 2 aromatic rings. The normalized spacial score (nSPS) is 10.4. The first-order valence-corrected chi connectivity index (χ1v) is 6.87. The quantitative estimate of drug-likeness (QED) is 0.815. The van der Waals surface area contributed by atoms with E-state index < -0.39 is 0 Å². The predicted molar refractivity (Wildman–Crippen MR) is 84.0 cm³/mol. The number of rotatable bonds is 4. The van der Waals surface area contributed by atoms with Gasteiger partial charge in [0.15, 0.2) is 0 Å². The first kappa shape index (κ1) is 15.8. The highest BCUT2D eigenvalue weighted by Gasteiger charge is 2.14. The summed E-state index contributed by atoms with van der Waals surface area (Å²) in [5, 5.41) is 1.84. The second-order valence-electron chi connectivity index (χ2n) is 5.05. The Balaban J connectivity index is 2.56. The fourth-order valence-corrected chi connectivity index (χ4v) is 2.32. The van der Waals surface area contributed by atoms with Crippen molar-refractivity contribution in [2.75, 3.05) is 21.3 Å². The molecule has 0 fully saturated rings. The van der Waals surface area contributed by atoms with E-state index in [0.29, 0.717) is 17.9 Å². The van der Waals surface area contributed by atoms with Crippen molar-refractivity contribution in [3.63, 3.8) is 0 Å². The number of fused-ring (bicyclic) bond motifs is 1. The van der Waals surface area contributed by atoms with Crippen molar-refractivity contribution < 1.29 is 19.1 Å². The summed E-state index contributed by atoms with van der Waals surface area (Å²) in [6.45, 7) is 1.96. The molecule has 0 bridgehead atoms. The van der Waals surface area contributed by atoms with Crippen LogP contribution in [0.3, 0.4) is 0 Å². The smallest absolute Gasteiger partial charge is 0.337 e. The average Bonchev–Trinajstić information content (AvgIpc) is 2.53. The number of carbonyl (C=O) groups excluding carboxylic acids is 2. The van der Waals surface area contributed by atoms with Gasteiger partial charge in [0.25, 0.3) is 0 Å². The summed E-state index contributed by atoms with van der Waals surface area (Å²) < 4.78 is 10.1. The fourth-order valence-electron chi connectivity index (χ4n) is 2.32. The van der Waals surface area contributed by atoms with Crippen LogP contribution in [0.4, 0.5) is 0 Å². The van der Waals surface area contributed by atoms with Gasteiger partial charge in [-0.2, -0.15) is 0 Å². The molecular weight excluding hydrogens is 282 g/mol. The maximum atomic E-state index is 11.6. The Kier molecular flexibility index (Phi) is 4.65. The van der Waals surface area contributed by atoms with Gasteiger partial charge >= 0.3 is 5.97 Å². The Hall–Kier alpha value is -2.56.